The molecule has 5 rings (SSSR count). The van der Waals surface area contributed by atoms with Gasteiger partial charge in [-0.2, -0.15) is 0 Å². The summed E-state index contributed by atoms with van der Waals surface area (Å²) in [5.41, 5.74) is -3.63. The van der Waals surface area contributed by atoms with Crippen molar-refractivity contribution in [2.24, 2.45) is 34.5 Å². The first-order valence-electron chi connectivity index (χ1n) is 16.4. The molecule has 0 amide bonds. The maximum absolute atomic E-state index is 13.7. The largest absolute Gasteiger partial charge is 0.394 e. The third-order valence-corrected chi connectivity index (χ3v) is 12.6. The standard InChI is InChI=1S/C33H54O11/c1-16(2)6-7-25(37)32(5,41)24-9-11-33(42)18-12-20(35)19-13-21(36)22(14-30(19,3)17(18)8-10-31(24,33)4)43-29-28(40)27(39)26(38)23(15-34)44-29/h12,16-17,19,21-29,34,36-42H,6-11,13-15H2,1-5H3/t17-,19-,21+,22-,23+,24-,25+,26+,27-,28+,29+,30+,31+,32+,33+/m0/s1. The highest BCUT2D eigenvalue weighted by Crippen LogP contribution is 2.68. The van der Waals surface area contributed by atoms with Gasteiger partial charge in [0.25, 0.3) is 0 Å². The quantitative estimate of drug-likeness (QED) is 0.187. The van der Waals surface area contributed by atoms with Crippen LogP contribution < -0.4 is 0 Å². The molecule has 1 heterocycles. The fraction of sp³-hybridized carbons (Fsp3) is 0.909. The van der Waals surface area contributed by atoms with Crippen LogP contribution in [0.1, 0.15) is 86.0 Å². The average Bonchev–Trinajstić information content (AvgIpc) is 3.25. The van der Waals surface area contributed by atoms with E-state index >= 15 is 0 Å². The zero-order chi connectivity index (χ0) is 32.6. The fourth-order valence-electron chi connectivity index (χ4n) is 9.79. The maximum atomic E-state index is 13.7. The number of carbonyl (C=O) groups is 1. The van der Waals surface area contributed by atoms with E-state index in [0.717, 1.165) is 6.42 Å². The monoisotopic (exact) mass is 626 g/mol. The van der Waals surface area contributed by atoms with E-state index in [2.05, 4.69) is 13.8 Å². The number of allylic oxidation sites excluding steroid dienone is 1. The lowest BCUT2D eigenvalue weighted by Crippen LogP contribution is -2.64. The first-order valence-corrected chi connectivity index (χ1v) is 16.4. The Morgan fingerprint density at radius 1 is 1.05 bits per heavy atom. The first kappa shape index (κ1) is 34.3. The van der Waals surface area contributed by atoms with Crippen molar-refractivity contribution in [2.45, 2.75) is 146 Å². The number of ketones is 1. The topological polar surface area (TPSA) is 197 Å². The van der Waals surface area contributed by atoms with E-state index in [9.17, 15) is 45.6 Å². The number of carbonyl (C=O) groups excluding carboxylic acids is 1. The number of hydrogen-bond acceptors (Lipinski definition) is 11. The van der Waals surface area contributed by atoms with E-state index in [1.807, 2.05) is 13.8 Å². The fourth-order valence-corrected chi connectivity index (χ4v) is 9.79. The van der Waals surface area contributed by atoms with Crippen molar-refractivity contribution < 1.29 is 55.1 Å². The molecule has 11 nitrogen and oxygen atoms in total. The van der Waals surface area contributed by atoms with Crippen LogP contribution in [0.3, 0.4) is 0 Å². The van der Waals surface area contributed by atoms with Crippen molar-refractivity contribution in [2.75, 3.05) is 6.61 Å². The molecule has 11 heteroatoms. The summed E-state index contributed by atoms with van der Waals surface area (Å²) in [6.07, 6.45) is -5.11. The highest BCUT2D eigenvalue weighted by molar-refractivity contribution is 5.95. The van der Waals surface area contributed by atoms with Crippen molar-refractivity contribution in [3.8, 4) is 0 Å². The van der Waals surface area contributed by atoms with E-state index in [-0.39, 0.29) is 30.5 Å². The Hall–Kier alpha value is -0.990. The summed E-state index contributed by atoms with van der Waals surface area (Å²) < 4.78 is 11.6. The number of hydrogen-bond donors (Lipinski definition) is 8. The summed E-state index contributed by atoms with van der Waals surface area (Å²) >= 11 is 0. The predicted molar refractivity (Wildman–Crippen MR) is 158 cm³/mol. The Morgan fingerprint density at radius 3 is 2.36 bits per heavy atom. The molecule has 1 saturated heterocycles. The minimum Gasteiger partial charge on any atom is -0.394 e. The van der Waals surface area contributed by atoms with Crippen molar-refractivity contribution in [1.29, 1.82) is 0 Å². The molecule has 4 aliphatic carbocycles. The second-order valence-corrected chi connectivity index (χ2v) is 15.6. The van der Waals surface area contributed by atoms with E-state index in [4.69, 9.17) is 9.47 Å². The second kappa shape index (κ2) is 11.9. The molecule has 0 spiro atoms. The Balaban J connectivity index is 1.40. The third-order valence-electron chi connectivity index (χ3n) is 12.6. The Labute approximate surface area is 259 Å². The zero-order valence-corrected chi connectivity index (χ0v) is 26.7. The first-order chi connectivity index (χ1) is 20.4. The summed E-state index contributed by atoms with van der Waals surface area (Å²) in [4.78, 5) is 13.7. The molecule has 0 aromatic heterocycles. The van der Waals surface area contributed by atoms with Crippen LogP contribution in [-0.2, 0) is 14.3 Å². The molecule has 8 N–H and O–H groups in total. The van der Waals surface area contributed by atoms with Gasteiger partial charge in [-0.15, -0.1) is 0 Å². The third kappa shape index (κ3) is 5.23. The molecule has 44 heavy (non-hydrogen) atoms. The summed E-state index contributed by atoms with van der Waals surface area (Å²) in [6, 6.07) is 0. The van der Waals surface area contributed by atoms with Crippen molar-refractivity contribution in [3.63, 3.8) is 0 Å². The molecule has 3 saturated carbocycles. The molecule has 0 radical (unpaired) electrons. The lowest BCUT2D eigenvalue weighted by molar-refractivity contribution is -0.323. The number of aliphatic hydroxyl groups is 8. The van der Waals surface area contributed by atoms with Gasteiger partial charge in [0.1, 0.15) is 24.4 Å². The number of aliphatic hydroxyl groups excluding tert-OH is 6. The van der Waals surface area contributed by atoms with Gasteiger partial charge in [0.15, 0.2) is 12.1 Å². The van der Waals surface area contributed by atoms with Gasteiger partial charge in [0.05, 0.1) is 36.1 Å². The lowest BCUT2D eigenvalue weighted by Gasteiger charge is -2.61. The van der Waals surface area contributed by atoms with Crippen LogP contribution >= 0.6 is 0 Å². The van der Waals surface area contributed by atoms with Gasteiger partial charge in [-0.25, -0.2) is 0 Å². The van der Waals surface area contributed by atoms with Crippen LogP contribution in [-0.4, -0.2) is 113 Å². The molecule has 4 fully saturated rings. The van der Waals surface area contributed by atoms with Gasteiger partial charge in [-0.05, 0) is 93.1 Å². The summed E-state index contributed by atoms with van der Waals surface area (Å²) in [5, 5.41) is 87.0. The van der Waals surface area contributed by atoms with Gasteiger partial charge in [-0.1, -0.05) is 27.7 Å². The van der Waals surface area contributed by atoms with Gasteiger partial charge in [0.2, 0.25) is 0 Å². The number of ether oxygens (including phenoxy) is 2. The van der Waals surface area contributed by atoms with E-state index in [0.29, 0.717) is 43.6 Å². The highest BCUT2D eigenvalue weighted by Gasteiger charge is 2.69. The highest BCUT2D eigenvalue weighted by atomic mass is 16.7. The molecule has 0 bridgehead atoms. The van der Waals surface area contributed by atoms with Crippen LogP contribution in [0.4, 0.5) is 0 Å². The lowest BCUT2D eigenvalue weighted by atomic mass is 9.45. The minimum absolute atomic E-state index is 0.104. The molecule has 15 atom stereocenters. The molecule has 0 aromatic rings. The summed E-state index contributed by atoms with van der Waals surface area (Å²) in [6.45, 7) is 9.16. The van der Waals surface area contributed by atoms with Gasteiger partial charge < -0.3 is 50.3 Å². The molecule has 5 aliphatic rings. The Bertz CT molecular complexity index is 1110. The average molecular weight is 627 g/mol. The summed E-state index contributed by atoms with van der Waals surface area (Å²) in [7, 11) is 0. The molecule has 0 unspecified atom stereocenters. The maximum Gasteiger partial charge on any atom is 0.187 e. The van der Waals surface area contributed by atoms with E-state index in [1.165, 1.54) is 0 Å². The number of rotatable bonds is 8. The van der Waals surface area contributed by atoms with Crippen molar-refractivity contribution in [1.82, 2.24) is 0 Å². The van der Waals surface area contributed by atoms with Gasteiger partial charge in [0, 0.05) is 11.3 Å². The van der Waals surface area contributed by atoms with Gasteiger partial charge in [-0.3, -0.25) is 4.79 Å². The normalized spacial score (nSPS) is 49.5. The van der Waals surface area contributed by atoms with Crippen LogP contribution in [0.2, 0.25) is 0 Å². The Kier molecular flexibility index (Phi) is 9.30. The van der Waals surface area contributed by atoms with E-state index in [1.54, 1.807) is 13.0 Å². The minimum atomic E-state index is -1.62. The zero-order valence-electron chi connectivity index (χ0n) is 26.7. The van der Waals surface area contributed by atoms with Crippen molar-refractivity contribution >= 4 is 5.78 Å². The molecular weight excluding hydrogens is 572 g/mol. The van der Waals surface area contributed by atoms with Gasteiger partial charge >= 0.3 is 0 Å². The van der Waals surface area contributed by atoms with Crippen LogP contribution in [0, 0.1) is 34.5 Å². The molecule has 1 aliphatic heterocycles. The molecular formula is C33H54O11. The second-order valence-electron chi connectivity index (χ2n) is 15.6. The predicted octanol–water partition coefficient (Wildman–Crippen LogP) is 0.563. The number of fused-ring (bicyclic) bond motifs is 5. The summed E-state index contributed by atoms with van der Waals surface area (Å²) in [5.74, 6) is -0.922. The Morgan fingerprint density at radius 2 is 1.73 bits per heavy atom. The van der Waals surface area contributed by atoms with Crippen molar-refractivity contribution in [3.05, 3.63) is 11.6 Å². The smallest absolute Gasteiger partial charge is 0.187 e. The molecule has 0 aromatic carbocycles. The van der Waals surface area contributed by atoms with Crippen LogP contribution in [0.15, 0.2) is 11.6 Å². The van der Waals surface area contributed by atoms with Crippen LogP contribution in [0.5, 0.6) is 0 Å². The van der Waals surface area contributed by atoms with Crippen LogP contribution in [0.25, 0.3) is 0 Å². The molecule has 252 valence electrons. The SMILES string of the molecule is CC(C)CC[C@@H](O)[C@](C)(O)[C@H]1CC[C@@]2(O)C3=CC(=O)[C@@H]4C[C@@H](O)[C@@H](O[C@@H]5O[C@H](CO)[C@@H](O)[C@H](O)[C@H]5O)C[C@]4(C)[C@H]3CC[C@]12C. The van der Waals surface area contributed by atoms with E-state index < -0.39 is 83.6 Å².